The van der Waals surface area contributed by atoms with Gasteiger partial charge in [0.2, 0.25) is 0 Å². The molecule has 1 aliphatic rings. The Bertz CT molecular complexity index is 257. The number of nitrogens with one attached hydrogen (secondary N) is 1. The number of carboxylic acids is 1. The predicted octanol–water partition coefficient (Wildman–Crippen LogP) is 0.796. The molecule has 0 spiro atoms. The fraction of sp³-hybridized carbons (Fsp3) is 0.923. The van der Waals surface area contributed by atoms with Crippen LogP contribution < -0.4 is 5.32 Å². The van der Waals surface area contributed by atoms with E-state index < -0.39 is 12.0 Å². The molecular formula is C13H26N2O3. The van der Waals surface area contributed by atoms with Gasteiger partial charge in [-0.3, -0.25) is 9.69 Å². The SMILES string of the molecule is CCNC(CN(CCOC)C(C)C1CC1)C(=O)O. The quantitative estimate of drug-likeness (QED) is 0.607. The number of methoxy groups -OCH3 is 1. The zero-order valence-corrected chi connectivity index (χ0v) is 11.7. The number of hydrogen-bond donors (Lipinski definition) is 2. The van der Waals surface area contributed by atoms with Crippen molar-refractivity contribution in [3.8, 4) is 0 Å². The van der Waals surface area contributed by atoms with Crippen LogP contribution in [0.25, 0.3) is 0 Å². The van der Waals surface area contributed by atoms with Crippen LogP contribution in [0.1, 0.15) is 26.7 Å². The molecule has 1 rings (SSSR count). The minimum Gasteiger partial charge on any atom is -0.480 e. The largest absolute Gasteiger partial charge is 0.480 e. The van der Waals surface area contributed by atoms with E-state index in [1.54, 1.807) is 7.11 Å². The van der Waals surface area contributed by atoms with Crippen molar-refractivity contribution in [2.24, 2.45) is 5.92 Å². The Kier molecular flexibility index (Phi) is 6.60. The van der Waals surface area contributed by atoms with Crippen molar-refractivity contribution in [2.45, 2.75) is 38.8 Å². The summed E-state index contributed by atoms with van der Waals surface area (Å²) in [5.41, 5.74) is 0. The minimum absolute atomic E-state index is 0.445. The van der Waals surface area contributed by atoms with Crippen molar-refractivity contribution >= 4 is 5.97 Å². The standard InChI is InChI=1S/C13H26N2O3/c1-4-14-12(13(16)17)9-15(7-8-18-3)10(2)11-5-6-11/h10-12,14H,4-9H2,1-3H3,(H,16,17). The van der Waals surface area contributed by atoms with Crippen LogP contribution in [0, 0.1) is 5.92 Å². The molecule has 5 heteroatoms. The monoisotopic (exact) mass is 258 g/mol. The van der Waals surface area contributed by atoms with Crippen LogP contribution in [0.2, 0.25) is 0 Å². The predicted molar refractivity (Wildman–Crippen MR) is 70.7 cm³/mol. The van der Waals surface area contributed by atoms with Gasteiger partial charge < -0.3 is 15.2 Å². The Balaban J connectivity index is 2.53. The lowest BCUT2D eigenvalue weighted by atomic mass is 10.1. The van der Waals surface area contributed by atoms with Crippen LogP contribution in [0.4, 0.5) is 0 Å². The van der Waals surface area contributed by atoms with E-state index in [1.165, 1.54) is 12.8 Å². The highest BCUT2D eigenvalue weighted by Crippen LogP contribution is 2.35. The number of carbonyl (C=O) groups is 1. The summed E-state index contributed by atoms with van der Waals surface area (Å²) in [5, 5.41) is 12.2. The molecule has 106 valence electrons. The van der Waals surface area contributed by atoms with Gasteiger partial charge in [0.25, 0.3) is 0 Å². The highest BCUT2D eigenvalue weighted by Gasteiger charge is 2.33. The number of nitrogens with zero attached hydrogens (tertiary/aromatic N) is 1. The smallest absolute Gasteiger partial charge is 0.322 e. The van der Waals surface area contributed by atoms with Crippen LogP contribution in [0.15, 0.2) is 0 Å². The van der Waals surface area contributed by atoms with Crippen LogP contribution in [-0.2, 0) is 9.53 Å². The van der Waals surface area contributed by atoms with E-state index in [1.807, 2.05) is 6.92 Å². The normalized spacial score (nSPS) is 18.9. The zero-order valence-electron chi connectivity index (χ0n) is 11.7. The van der Waals surface area contributed by atoms with Crippen LogP contribution >= 0.6 is 0 Å². The molecule has 2 atom stereocenters. The highest BCUT2D eigenvalue weighted by atomic mass is 16.5. The number of hydrogen-bond acceptors (Lipinski definition) is 4. The van der Waals surface area contributed by atoms with Crippen LogP contribution in [0.3, 0.4) is 0 Å². The molecule has 1 fully saturated rings. The average molecular weight is 258 g/mol. The molecule has 0 heterocycles. The van der Waals surface area contributed by atoms with Crippen LogP contribution in [-0.4, -0.2) is 61.4 Å². The lowest BCUT2D eigenvalue weighted by molar-refractivity contribution is -0.140. The molecule has 0 aliphatic heterocycles. The van der Waals surface area contributed by atoms with Gasteiger partial charge >= 0.3 is 5.97 Å². The second-order valence-electron chi connectivity index (χ2n) is 5.01. The van der Waals surface area contributed by atoms with Gasteiger partial charge in [-0.2, -0.15) is 0 Å². The van der Waals surface area contributed by atoms with E-state index in [9.17, 15) is 9.90 Å². The first-order valence-electron chi connectivity index (χ1n) is 6.79. The van der Waals surface area contributed by atoms with Crippen molar-refractivity contribution in [3.63, 3.8) is 0 Å². The summed E-state index contributed by atoms with van der Waals surface area (Å²) in [6.45, 7) is 6.79. The maximum atomic E-state index is 11.2. The maximum Gasteiger partial charge on any atom is 0.322 e. The van der Waals surface area contributed by atoms with Crippen molar-refractivity contribution < 1.29 is 14.6 Å². The van der Waals surface area contributed by atoms with E-state index in [0.717, 1.165) is 12.5 Å². The van der Waals surface area contributed by atoms with Gasteiger partial charge in [-0.25, -0.2) is 0 Å². The number of rotatable bonds is 10. The van der Waals surface area contributed by atoms with Crippen LogP contribution in [0.5, 0.6) is 0 Å². The molecule has 2 unspecified atom stereocenters. The second kappa shape index (κ2) is 7.71. The van der Waals surface area contributed by atoms with E-state index in [-0.39, 0.29) is 0 Å². The van der Waals surface area contributed by atoms with Crippen molar-refractivity contribution in [2.75, 3.05) is 33.4 Å². The van der Waals surface area contributed by atoms with Gasteiger partial charge in [-0.05, 0) is 32.2 Å². The molecule has 0 radical (unpaired) electrons. The Morgan fingerprint density at radius 2 is 2.22 bits per heavy atom. The van der Waals surface area contributed by atoms with Gasteiger partial charge in [0.15, 0.2) is 0 Å². The summed E-state index contributed by atoms with van der Waals surface area (Å²) >= 11 is 0. The minimum atomic E-state index is -0.776. The molecule has 1 aliphatic carbocycles. The molecule has 0 amide bonds. The third-order valence-electron chi connectivity index (χ3n) is 3.63. The molecule has 0 saturated heterocycles. The molecule has 0 aromatic rings. The first kappa shape index (κ1) is 15.4. The Morgan fingerprint density at radius 1 is 1.56 bits per heavy atom. The maximum absolute atomic E-state index is 11.2. The molecule has 2 N–H and O–H groups in total. The van der Waals surface area contributed by atoms with E-state index in [2.05, 4.69) is 17.1 Å². The number of ether oxygens (including phenoxy) is 1. The Labute approximate surface area is 109 Å². The number of aliphatic carboxylic acids is 1. The molecule has 0 aromatic carbocycles. The van der Waals surface area contributed by atoms with Gasteiger partial charge in [0.1, 0.15) is 6.04 Å². The van der Waals surface area contributed by atoms with E-state index in [0.29, 0.717) is 25.7 Å². The lowest BCUT2D eigenvalue weighted by Gasteiger charge is -2.31. The summed E-state index contributed by atoms with van der Waals surface area (Å²) in [4.78, 5) is 13.4. The Hall–Kier alpha value is -0.650. The van der Waals surface area contributed by atoms with E-state index >= 15 is 0 Å². The molecular weight excluding hydrogens is 232 g/mol. The van der Waals surface area contributed by atoms with Gasteiger partial charge in [0, 0.05) is 26.2 Å². The molecule has 0 bridgehead atoms. The molecule has 18 heavy (non-hydrogen) atoms. The van der Waals surface area contributed by atoms with Gasteiger partial charge in [-0.1, -0.05) is 6.92 Å². The average Bonchev–Trinajstić information content (AvgIpc) is 3.16. The third-order valence-corrected chi connectivity index (χ3v) is 3.63. The highest BCUT2D eigenvalue weighted by molar-refractivity contribution is 5.73. The third kappa shape index (κ3) is 4.92. The van der Waals surface area contributed by atoms with Crippen molar-refractivity contribution in [1.82, 2.24) is 10.2 Å². The molecule has 1 saturated carbocycles. The van der Waals surface area contributed by atoms with Crippen molar-refractivity contribution in [3.05, 3.63) is 0 Å². The summed E-state index contributed by atoms with van der Waals surface area (Å²) < 4.78 is 5.12. The summed E-state index contributed by atoms with van der Waals surface area (Å²) in [6, 6.07) is -0.0475. The lowest BCUT2D eigenvalue weighted by Crippen LogP contribution is -2.50. The van der Waals surface area contributed by atoms with E-state index in [4.69, 9.17) is 4.74 Å². The van der Waals surface area contributed by atoms with Crippen molar-refractivity contribution in [1.29, 1.82) is 0 Å². The number of carboxylic acid groups (broad SMARTS) is 1. The Morgan fingerprint density at radius 3 is 2.67 bits per heavy atom. The zero-order chi connectivity index (χ0) is 13.5. The number of likely N-dealkylation sites (N-methyl/N-ethyl adjacent to an activating group) is 1. The summed E-state index contributed by atoms with van der Waals surface area (Å²) in [7, 11) is 1.68. The van der Waals surface area contributed by atoms with Gasteiger partial charge in [0.05, 0.1) is 6.61 Å². The first-order valence-corrected chi connectivity index (χ1v) is 6.79. The fourth-order valence-electron chi connectivity index (χ4n) is 2.26. The van der Waals surface area contributed by atoms with Gasteiger partial charge in [-0.15, -0.1) is 0 Å². The second-order valence-corrected chi connectivity index (χ2v) is 5.01. The summed E-state index contributed by atoms with van der Waals surface area (Å²) in [6.07, 6.45) is 2.53. The fourth-order valence-corrected chi connectivity index (χ4v) is 2.26. The summed E-state index contributed by atoms with van der Waals surface area (Å²) in [5.74, 6) is -0.0415. The molecule has 0 aromatic heterocycles. The molecule has 5 nitrogen and oxygen atoms in total. The topological polar surface area (TPSA) is 61.8 Å². The first-order chi connectivity index (χ1) is 8.60.